The van der Waals surface area contributed by atoms with E-state index in [1.54, 1.807) is 12.1 Å². The Kier molecular flexibility index (Phi) is 7.23. The lowest BCUT2D eigenvalue weighted by Crippen LogP contribution is -2.47. The molecule has 0 radical (unpaired) electrons. The van der Waals surface area contributed by atoms with E-state index in [-0.39, 0.29) is 29.9 Å². The second-order valence-corrected chi connectivity index (χ2v) is 9.80. The van der Waals surface area contributed by atoms with Crippen molar-refractivity contribution in [2.45, 2.75) is 37.2 Å². The third-order valence-corrected chi connectivity index (χ3v) is 7.14. The van der Waals surface area contributed by atoms with E-state index in [1.807, 2.05) is 14.0 Å². The number of benzene rings is 2. The number of hydrogen-bond donors (Lipinski definition) is 1. The summed E-state index contributed by atoms with van der Waals surface area (Å²) in [6, 6.07) is 12.2. The first kappa shape index (κ1) is 22.4. The highest BCUT2D eigenvalue weighted by atomic mass is 32.2. The highest BCUT2D eigenvalue weighted by Gasteiger charge is 2.28. The highest BCUT2D eigenvalue weighted by molar-refractivity contribution is 7.89. The summed E-state index contributed by atoms with van der Waals surface area (Å²) in [5, 5.41) is 2.97. The number of piperidine rings is 1. The summed E-state index contributed by atoms with van der Waals surface area (Å²) < 4.78 is 40.9. The van der Waals surface area contributed by atoms with Crippen LogP contribution in [0.15, 0.2) is 53.4 Å². The summed E-state index contributed by atoms with van der Waals surface area (Å²) >= 11 is 0. The van der Waals surface area contributed by atoms with Crippen molar-refractivity contribution in [3.05, 3.63) is 65.5 Å². The second-order valence-electron chi connectivity index (χ2n) is 7.86. The molecule has 1 saturated heterocycles. The molecule has 0 bridgehead atoms. The normalized spacial score (nSPS) is 16.0. The van der Waals surface area contributed by atoms with Crippen molar-refractivity contribution in [2.75, 3.05) is 26.7 Å². The first-order chi connectivity index (χ1) is 14.2. The van der Waals surface area contributed by atoms with Crippen LogP contribution in [-0.4, -0.2) is 56.3 Å². The molecule has 0 aliphatic carbocycles. The number of halogens is 1. The molecule has 1 amide bonds. The minimum Gasteiger partial charge on any atom is -0.352 e. The SMILES string of the molecule is Cc1ccc(S(=O)(=O)N(CC(=O)NC2CCN(C)CC2)Cc2ccc(F)cc2)cc1. The number of likely N-dealkylation sites (tertiary alicyclic amines) is 1. The Morgan fingerprint density at radius 1 is 1.10 bits per heavy atom. The molecule has 1 fully saturated rings. The lowest BCUT2D eigenvalue weighted by Gasteiger charge is -2.30. The van der Waals surface area contributed by atoms with Gasteiger partial charge in [0.2, 0.25) is 15.9 Å². The van der Waals surface area contributed by atoms with Gasteiger partial charge in [0.25, 0.3) is 0 Å². The number of carbonyl (C=O) groups is 1. The Balaban J connectivity index is 1.78. The van der Waals surface area contributed by atoms with E-state index in [0.29, 0.717) is 5.56 Å². The van der Waals surface area contributed by atoms with Crippen LogP contribution in [0.2, 0.25) is 0 Å². The minimum absolute atomic E-state index is 0.0166. The first-order valence-corrected chi connectivity index (χ1v) is 11.5. The molecule has 1 N–H and O–H groups in total. The molecule has 2 aromatic rings. The van der Waals surface area contributed by atoms with E-state index in [2.05, 4.69) is 10.2 Å². The quantitative estimate of drug-likeness (QED) is 0.729. The van der Waals surface area contributed by atoms with Crippen molar-refractivity contribution in [3.63, 3.8) is 0 Å². The van der Waals surface area contributed by atoms with Crippen LogP contribution in [0, 0.1) is 12.7 Å². The summed E-state index contributed by atoms with van der Waals surface area (Å²) in [5.41, 5.74) is 1.55. The van der Waals surface area contributed by atoms with Gasteiger partial charge in [-0.1, -0.05) is 29.8 Å². The van der Waals surface area contributed by atoms with E-state index in [9.17, 15) is 17.6 Å². The van der Waals surface area contributed by atoms with Gasteiger partial charge in [0, 0.05) is 12.6 Å². The first-order valence-electron chi connectivity index (χ1n) is 10.0. The average Bonchev–Trinajstić information content (AvgIpc) is 2.71. The molecule has 0 saturated carbocycles. The number of amides is 1. The average molecular weight is 434 g/mol. The number of hydrogen-bond acceptors (Lipinski definition) is 4. The van der Waals surface area contributed by atoms with Crippen LogP contribution in [0.5, 0.6) is 0 Å². The number of rotatable bonds is 7. The van der Waals surface area contributed by atoms with E-state index >= 15 is 0 Å². The number of nitrogens with one attached hydrogen (secondary N) is 1. The van der Waals surface area contributed by atoms with Crippen LogP contribution in [0.3, 0.4) is 0 Å². The lowest BCUT2D eigenvalue weighted by molar-refractivity contribution is -0.122. The van der Waals surface area contributed by atoms with Gasteiger partial charge in [-0.25, -0.2) is 12.8 Å². The summed E-state index contributed by atoms with van der Waals surface area (Å²) in [5.74, 6) is -0.728. The van der Waals surface area contributed by atoms with Gasteiger partial charge in [-0.3, -0.25) is 4.79 Å². The lowest BCUT2D eigenvalue weighted by atomic mass is 10.1. The second kappa shape index (κ2) is 9.68. The monoisotopic (exact) mass is 433 g/mol. The summed E-state index contributed by atoms with van der Waals surface area (Å²) in [6.45, 7) is 3.36. The third kappa shape index (κ3) is 5.87. The fourth-order valence-electron chi connectivity index (χ4n) is 3.47. The van der Waals surface area contributed by atoms with E-state index in [1.165, 1.54) is 36.4 Å². The fourth-order valence-corrected chi connectivity index (χ4v) is 4.85. The molecule has 8 heteroatoms. The summed E-state index contributed by atoms with van der Waals surface area (Å²) in [4.78, 5) is 15.0. The van der Waals surface area contributed by atoms with Crippen LogP contribution >= 0.6 is 0 Å². The summed E-state index contributed by atoms with van der Waals surface area (Å²) in [7, 11) is -1.86. The maximum atomic E-state index is 13.3. The van der Waals surface area contributed by atoms with Crippen molar-refractivity contribution in [2.24, 2.45) is 0 Å². The van der Waals surface area contributed by atoms with Crippen LogP contribution in [0.4, 0.5) is 4.39 Å². The van der Waals surface area contributed by atoms with Gasteiger partial charge in [-0.2, -0.15) is 4.31 Å². The fraction of sp³-hybridized carbons (Fsp3) is 0.409. The van der Waals surface area contributed by atoms with Crippen molar-refractivity contribution < 1.29 is 17.6 Å². The van der Waals surface area contributed by atoms with Gasteiger partial charge in [0.05, 0.1) is 11.4 Å². The van der Waals surface area contributed by atoms with Gasteiger partial charge in [0.1, 0.15) is 5.82 Å². The smallest absolute Gasteiger partial charge is 0.243 e. The van der Waals surface area contributed by atoms with Crippen molar-refractivity contribution in [1.29, 1.82) is 0 Å². The molecule has 0 atom stereocenters. The molecular weight excluding hydrogens is 405 g/mol. The molecule has 2 aromatic carbocycles. The molecular formula is C22H28FN3O3S. The van der Waals surface area contributed by atoms with Gasteiger partial charge in [-0.15, -0.1) is 0 Å². The Hall–Kier alpha value is -2.29. The van der Waals surface area contributed by atoms with Crippen LogP contribution < -0.4 is 5.32 Å². The van der Waals surface area contributed by atoms with Gasteiger partial charge < -0.3 is 10.2 Å². The molecule has 0 aromatic heterocycles. The van der Waals surface area contributed by atoms with Crippen LogP contribution in [0.25, 0.3) is 0 Å². The predicted octanol–water partition coefficient (Wildman–Crippen LogP) is 2.54. The van der Waals surface area contributed by atoms with Crippen molar-refractivity contribution in [1.82, 2.24) is 14.5 Å². The Labute approximate surface area is 177 Å². The predicted molar refractivity (Wildman–Crippen MR) is 114 cm³/mol. The molecule has 30 heavy (non-hydrogen) atoms. The molecule has 3 rings (SSSR count). The Bertz CT molecular complexity index is 954. The zero-order chi connectivity index (χ0) is 21.7. The molecule has 1 heterocycles. The van der Waals surface area contributed by atoms with Gasteiger partial charge >= 0.3 is 0 Å². The molecule has 1 aliphatic heterocycles. The number of sulfonamides is 1. The van der Waals surface area contributed by atoms with Crippen molar-refractivity contribution in [3.8, 4) is 0 Å². The Morgan fingerprint density at radius 2 is 1.70 bits per heavy atom. The standard InChI is InChI=1S/C22H28FN3O3S/c1-17-3-9-21(10-4-17)30(28,29)26(15-18-5-7-19(23)8-6-18)16-22(27)24-20-11-13-25(2)14-12-20/h3-10,20H,11-16H2,1-2H3,(H,24,27). The highest BCUT2D eigenvalue weighted by Crippen LogP contribution is 2.19. The molecule has 162 valence electrons. The zero-order valence-corrected chi connectivity index (χ0v) is 18.2. The number of nitrogens with zero attached hydrogens (tertiary/aromatic N) is 2. The largest absolute Gasteiger partial charge is 0.352 e. The summed E-state index contributed by atoms with van der Waals surface area (Å²) in [6.07, 6.45) is 1.68. The maximum absolute atomic E-state index is 13.3. The number of aryl methyl sites for hydroxylation is 1. The van der Waals surface area contributed by atoms with Crippen molar-refractivity contribution >= 4 is 15.9 Å². The minimum atomic E-state index is -3.90. The van der Waals surface area contributed by atoms with E-state index in [4.69, 9.17) is 0 Å². The van der Waals surface area contributed by atoms with Gasteiger partial charge in [-0.05, 0) is 69.7 Å². The Morgan fingerprint density at radius 3 is 2.30 bits per heavy atom. The molecule has 0 unspecified atom stereocenters. The van der Waals surface area contributed by atoms with Gasteiger partial charge in [0.15, 0.2) is 0 Å². The third-order valence-electron chi connectivity index (χ3n) is 5.33. The molecule has 6 nitrogen and oxygen atoms in total. The van der Waals surface area contributed by atoms with Crippen LogP contribution in [0.1, 0.15) is 24.0 Å². The van der Waals surface area contributed by atoms with E-state index < -0.39 is 15.8 Å². The maximum Gasteiger partial charge on any atom is 0.243 e. The topological polar surface area (TPSA) is 69.7 Å². The molecule has 0 spiro atoms. The van der Waals surface area contributed by atoms with Crippen LogP contribution in [-0.2, 0) is 21.4 Å². The molecule has 1 aliphatic rings. The zero-order valence-electron chi connectivity index (χ0n) is 17.3. The number of carbonyl (C=O) groups excluding carboxylic acids is 1. The van der Waals surface area contributed by atoms with E-state index in [0.717, 1.165) is 35.8 Å².